The first-order valence-corrected chi connectivity index (χ1v) is 5.25. The highest BCUT2D eigenvalue weighted by atomic mass is 15.1. The standard InChI is InChI=1S/C10H22N2/c1-3-4-8-12(2)9-10-6-5-7-11-10/h10-11H,3-9H2,1-2H3. The third-order valence-corrected chi connectivity index (χ3v) is 2.59. The van der Waals surface area contributed by atoms with E-state index in [0.29, 0.717) is 0 Å². The number of unbranched alkanes of at least 4 members (excludes halogenated alkanes) is 1. The molecule has 2 nitrogen and oxygen atoms in total. The molecule has 72 valence electrons. The first-order valence-electron chi connectivity index (χ1n) is 5.25. The van der Waals surface area contributed by atoms with Crippen LogP contribution in [0.15, 0.2) is 0 Å². The lowest BCUT2D eigenvalue weighted by atomic mass is 10.2. The van der Waals surface area contributed by atoms with Gasteiger partial charge in [-0.15, -0.1) is 0 Å². The van der Waals surface area contributed by atoms with E-state index in [4.69, 9.17) is 0 Å². The SMILES string of the molecule is CCCCN(C)CC1CCCN1. The van der Waals surface area contributed by atoms with Crippen LogP contribution in [0.25, 0.3) is 0 Å². The average molecular weight is 170 g/mol. The average Bonchev–Trinajstić information content (AvgIpc) is 2.53. The van der Waals surface area contributed by atoms with Crippen LogP contribution in [0.1, 0.15) is 32.6 Å². The summed E-state index contributed by atoms with van der Waals surface area (Å²) in [6, 6.07) is 0.770. The van der Waals surface area contributed by atoms with Gasteiger partial charge in [-0.25, -0.2) is 0 Å². The fourth-order valence-electron chi connectivity index (χ4n) is 1.81. The zero-order valence-corrected chi connectivity index (χ0v) is 8.47. The minimum absolute atomic E-state index is 0.770. The fourth-order valence-corrected chi connectivity index (χ4v) is 1.81. The van der Waals surface area contributed by atoms with E-state index in [1.807, 2.05) is 0 Å². The van der Waals surface area contributed by atoms with Gasteiger partial charge in [-0.05, 0) is 39.4 Å². The van der Waals surface area contributed by atoms with Crippen molar-refractivity contribution in [3.05, 3.63) is 0 Å². The summed E-state index contributed by atoms with van der Waals surface area (Å²) in [6.07, 6.45) is 5.38. The molecule has 1 atom stereocenters. The van der Waals surface area contributed by atoms with Crippen molar-refractivity contribution < 1.29 is 0 Å². The van der Waals surface area contributed by atoms with E-state index in [2.05, 4.69) is 24.2 Å². The maximum absolute atomic E-state index is 3.52. The lowest BCUT2D eigenvalue weighted by molar-refractivity contribution is 0.296. The van der Waals surface area contributed by atoms with Crippen molar-refractivity contribution >= 4 is 0 Å². The highest BCUT2D eigenvalue weighted by molar-refractivity contribution is 4.76. The van der Waals surface area contributed by atoms with Crippen LogP contribution >= 0.6 is 0 Å². The summed E-state index contributed by atoms with van der Waals surface area (Å²) < 4.78 is 0. The smallest absolute Gasteiger partial charge is 0.0195 e. The van der Waals surface area contributed by atoms with E-state index in [0.717, 1.165) is 6.04 Å². The predicted molar refractivity (Wildman–Crippen MR) is 53.4 cm³/mol. The molecule has 0 radical (unpaired) electrons. The summed E-state index contributed by atoms with van der Waals surface area (Å²) in [5, 5.41) is 3.52. The van der Waals surface area contributed by atoms with Gasteiger partial charge >= 0.3 is 0 Å². The van der Waals surface area contributed by atoms with Gasteiger partial charge in [0, 0.05) is 12.6 Å². The minimum Gasteiger partial charge on any atom is -0.313 e. The largest absolute Gasteiger partial charge is 0.313 e. The van der Waals surface area contributed by atoms with Crippen molar-refractivity contribution in [3.63, 3.8) is 0 Å². The van der Waals surface area contributed by atoms with E-state index in [1.54, 1.807) is 0 Å². The first kappa shape index (κ1) is 10.0. The van der Waals surface area contributed by atoms with Gasteiger partial charge in [-0.1, -0.05) is 13.3 Å². The quantitative estimate of drug-likeness (QED) is 0.672. The molecule has 0 amide bonds. The summed E-state index contributed by atoms with van der Waals surface area (Å²) in [5.74, 6) is 0. The molecule has 1 saturated heterocycles. The van der Waals surface area contributed by atoms with Gasteiger partial charge in [0.05, 0.1) is 0 Å². The Morgan fingerprint density at radius 1 is 1.50 bits per heavy atom. The summed E-state index contributed by atoms with van der Waals surface area (Å²) in [7, 11) is 2.23. The minimum atomic E-state index is 0.770. The van der Waals surface area contributed by atoms with Crippen LogP contribution < -0.4 is 5.32 Å². The van der Waals surface area contributed by atoms with Crippen molar-refractivity contribution in [2.45, 2.75) is 38.6 Å². The monoisotopic (exact) mass is 170 g/mol. The van der Waals surface area contributed by atoms with E-state index in [9.17, 15) is 0 Å². The third kappa shape index (κ3) is 3.55. The van der Waals surface area contributed by atoms with Crippen molar-refractivity contribution in [2.75, 3.05) is 26.7 Å². The second-order valence-corrected chi connectivity index (χ2v) is 3.91. The molecular weight excluding hydrogens is 148 g/mol. The number of nitrogens with one attached hydrogen (secondary N) is 1. The van der Waals surface area contributed by atoms with Crippen molar-refractivity contribution in [1.82, 2.24) is 10.2 Å². The molecule has 1 fully saturated rings. The Hall–Kier alpha value is -0.0800. The third-order valence-electron chi connectivity index (χ3n) is 2.59. The summed E-state index contributed by atoms with van der Waals surface area (Å²) in [4.78, 5) is 2.45. The summed E-state index contributed by atoms with van der Waals surface area (Å²) >= 11 is 0. The summed E-state index contributed by atoms with van der Waals surface area (Å²) in [5.41, 5.74) is 0. The molecule has 0 aromatic rings. The Labute approximate surface area is 76.3 Å². The predicted octanol–water partition coefficient (Wildman–Crippen LogP) is 1.47. The zero-order valence-electron chi connectivity index (χ0n) is 8.47. The van der Waals surface area contributed by atoms with Gasteiger partial charge in [0.2, 0.25) is 0 Å². The molecule has 1 aliphatic heterocycles. The molecule has 1 heterocycles. The molecular formula is C10H22N2. The van der Waals surface area contributed by atoms with Gasteiger partial charge < -0.3 is 10.2 Å². The van der Waals surface area contributed by atoms with Crippen LogP contribution in [0, 0.1) is 0 Å². The number of likely N-dealkylation sites (N-methyl/N-ethyl adjacent to an activating group) is 1. The van der Waals surface area contributed by atoms with Crippen molar-refractivity contribution in [2.24, 2.45) is 0 Å². The zero-order chi connectivity index (χ0) is 8.81. The molecule has 0 aromatic carbocycles. The maximum Gasteiger partial charge on any atom is 0.0195 e. The molecule has 0 bridgehead atoms. The molecule has 12 heavy (non-hydrogen) atoms. The normalized spacial score (nSPS) is 23.8. The van der Waals surface area contributed by atoms with Gasteiger partial charge in [-0.3, -0.25) is 0 Å². The molecule has 1 rings (SSSR count). The van der Waals surface area contributed by atoms with Crippen LogP contribution in [-0.2, 0) is 0 Å². The Morgan fingerprint density at radius 3 is 2.92 bits per heavy atom. The fraction of sp³-hybridized carbons (Fsp3) is 1.00. The number of hydrogen-bond acceptors (Lipinski definition) is 2. The Morgan fingerprint density at radius 2 is 2.33 bits per heavy atom. The molecule has 0 aromatic heterocycles. The topological polar surface area (TPSA) is 15.3 Å². The highest BCUT2D eigenvalue weighted by Crippen LogP contribution is 2.06. The lowest BCUT2D eigenvalue weighted by Crippen LogP contribution is -2.35. The maximum atomic E-state index is 3.52. The van der Waals surface area contributed by atoms with Gasteiger partial charge in [0.1, 0.15) is 0 Å². The summed E-state index contributed by atoms with van der Waals surface area (Å²) in [6.45, 7) is 5.97. The highest BCUT2D eigenvalue weighted by Gasteiger charge is 2.14. The molecule has 2 heteroatoms. The van der Waals surface area contributed by atoms with E-state index in [1.165, 1.54) is 45.3 Å². The van der Waals surface area contributed by atoms with Crippen molar-refractivity contribution in [1.29, 1.82) is 0 Å². The Kier molecular flexibility index (Phi) is 4.62. The number of hydrogen-bond donors (Lipinski definition) is 1. The molecule has 1 N–H and O–H groups in total. The molecule has 0 saturated carbocycles. The molecule has 0 spiro atoms. The van der Waals surface area contributed by atoms with Gasteiger partial charge in [-0.2, -0.15) is 0 Å². The van der Waals surface area contributed by atoms with Gasteiger partial charge in [0.15, 0.2) is 0 Å². The van der Waals surface area contributed by atoms with E-state index in [-0.39, 0.29) is 0 Å². The molecule has 1 unspecified atom stereocenters. The first-order chi connectivity index (χ1) is 5.83. The van der Waals surface area contributed by atoms with Crippen molar-refractivity contribution in [3.8, 4) is 0 Å². The second-order valence-electron chi connectivity index (χ2n) is 3.91. The van der Waals surface area contributed by atoms with Crippen LogP contribution in [0.5, 0.6) is 0 Å². The van der Waals surface area contributed by atoms with Crippen LogP contribution in [0.2, 0.25) is 0 Å². The number of rotatable bonds is 5. The second kappa shape index (κ2) is 5.55. The Bertz CT molecular complexity index is 108. The van der Waals surface area contributed by atoms with E-state index >= 15 is 0 Å². The molecule has 0 aliphatic carbocycles. The van der Waals surface area contributed by atoms with Gasteiger partial charge in [0.25, 0.3) is 0 Å². The Balaban J connectivity index is 2.03. The van der Waals surface area contributed by atoms with Crippen LogP contribution in [0.3, 0.4) is 0 Å². The number of nitrogens with zero attached hydrogens (tertiary/aromatic N) is 1. The lowest BCUT2D eigenvalue weighted by Gasteiger charge is -2.20. The van der Waals surface area contributed by atoms with Crippen LogP contribution in [-0.4, -0.2) is 37.6 Å². The van der Waals surface area contributed by atoms with Crippen LogP contribution in [0.4, 0.5) is 0 Å². The molecule has 1 aliphatic rings. The van der Waals surface area contributed by atoms with E-state index < -0.39 is 0 Å².